The molecule has 0 bridgehead atoms. The van der Waals surface area contributed by atoms with E-state index in [2.05, 4.69) is 0 Å². The van der Waals surface area contributed by atoms with Crippen molar-refractivity contribution in [2.75, 3.05) is 20.0 Å². The number of aldehydes is 1. The van der Waals surface area contributed by atoms with Crippen molar-refractivity contribution in [1.29, 1.82) is 0 Å². The summed E-state index contributed by atoms with van der Waals surface area (Å²) in [5.41, 5.74) is 11.8. The van der Waals surface area contributed by atoms with Crippen molar-refractivity contribution in [1.82, 2.24) is 9.88 Å². The number of nitrogen functional groups attached to an aromatic ring is 1. The second-order valence-corrected chi connectivity index (χ2v) is 8.30. The average Bonchev–Trinajstić information content (AvgIpc) is 3.21. The van der Waals surface area contributed by atoms with Gasteiger partial charge in [-0.05, 0) is 35.4 Å². The quantitative estimate of drug-likeness (QED) is 0.415. The molecular formula is C27H24FN3O3. The van der Waals surface area contributed by atoms with Gasteiger partial charge in [-0.15, -0.1) is 0 Å². The molecule has 0 radical (unpaired) electrons. The minimum Gasteiger partial charge on any atom is -0.497 e. The molecule has 5 rings (SSSR count). The molecule has 0 amide bonds. The first-order valence-electron chi connectivity index (χ1n) is 10.9. The Labute approximate surface area is 196 Å². The summed E-state index contributed by atoms with van der Waals surface area (Å²) in [5, 5.41) is 0.734. The molecule has 2 heterocycles. The molecule has 172 valence electrons. The van der Waals surface area contributed by atoms with E-state index in [4.69, 9.17) is 20.2 Å². The van der Waals surface area contributed by atoms with Gasteiger partial charge in [0.05, 0.1) is 31.5 Å². The predicted molar refractivity (Wildman–Crippen MR) is 129 cm³/mol. The number of benzene rings is 3. The van der Waals surface area contributed by atoms with Crippen molar-refractivity contribution >= 4 is 22.9 Å². The lowest BCUT2D eigenvalue weighted by Crippen LogP contribution is -2.23. The molecule has 1 aliphatic heterocycles. The summed E-state index contributed by atoms with van der Waals surface area (Å²) in [6.45, 7) is 1.04. The van der Waals surface area contributed by atoms with Crippen molar-refractivity contribution in [3.8, 4) is 22.6 Å². The number of rotatable bonds is 6. The molecule has 3 aromatic carbocycles. The summed E-state index contributed by atoms with van der Waals surface area (Å²) >= 11 is 0. The van der Waals surface area contributed by atoms with Crippen LogP contribution in [0.4, 0.5) is 10.1 Å². The highest BCUT2D eigenvalue weighted by Gasteiger charge is 2.34. The number of carbonyl (C=O) groups is 1. The summed E-state index contributed by atoms with van der Waals surface area (Å²) in [7, 11) is 3.13. The van der Waals surface area contributed by atoms with Crippen molar-refractivity contribution in [3.05, 3.63) is 83.3 Å². The SMILES string of the molecule is COc1ccc(CN2Cc3nc4c(-c5cc(F)cc(OC)c5)cccc4c(N)c3C2C=O)cc1. The van der Waals surface area contributed by atoms with Crippen LogP contribution in [0.25, 0.3) is 22.0 Å². The number of ether oxygens (including phenoxy) is 2. The number of nitrogens with two attached hydrogens (primary N) is 1. The number of nitrogens with zero attached hydrogens (tertiary/aromatic N) is 2. The van der Waals surface area contributed by atoms with E-state index in [-0.39, 0.29) is 0 Å². The van der Waals surface area contributed by atoms with Crippen LogP contribution in [0.2, 0.25) is 0 Å². The monoisotopic (exact) mass is 457 g/mol. The van der Waals surface area contributed by atoms with Crippen LogP contribution < -0.4 is 15.2 Å². The Kier molecular flexibility index (Phi) is 5.63. The third-order valence-corrected chi connectivity index (χ3v) is 6.31. The van der Waals surface area contributed by atoms with Gasteiger partial charge in [0.25, 0.3) is 0 Å². The zero-order chi connectivity index (χ0) is 23.8. The number of halogens is 1. The Hall–Kier alpha value is -3.97. The summed E-state index contributed by atoms with van der Waals surface area (Å²) < 4.78 is 24.7. The third kappa shape index (κ3) is 3.74. The molecule has 7 heteroatoms. The number of anilines is 1. The molecule has 1 aliphatic rings. The zero-order valence-corrected chi connectivity index (χ0v) is 18.9. The van der Waals surface area contributed by atoms with Gasteiger partial charge in [0, 0.05) is 41.4 Å². The fourth-order valence-electron chi connectivity index (χ4n) is 4.64. The van der Waals surface area contributed by atoms with E-state index >= 15 is 0 Å². The van der Waals surface area contributed by atoms with E-state index in [1.165, 1.54) is 19.2 Å². The summed E-state index contributed by atoms with van der Waals surface area (Å²) in [6.07, 6.45) is 0.917. The molecule has 1 atom stereocenters. The molecule has 1 unspecified atom stereocenters. The topological polar surface area (TPSA) is 77.7 Å². The van der Waals surface area contributed by atoms with Crippen LogP contribution in [0.5, 0.6) is 11.5 Å². The molecule has 2 N–H and O–H groups in total. The lowest BCUT2D eigenvalue weighted by Gasteiger charge is -2.21. The highest BCUT2D eigenvalue weighted by atomic mass is 19.1. The van der Waals surface area contributed by atoms with Crippen molar-refractivity contribution in [2.45, 2.75) is 19.1 Å². The van der Waals surface area contributed by atoms with E-state index in [0.717, 1.165) is 39.8 Å². The van der Waals surface area contributed by atoms with Crippen molar-refractivity contribution in [3.63, 3.8) is 0 Å². The van der Waals surface area contributed by atoms with Crippen LogP contribution in [0.15, 0.2) is 60.7 Å². The molecule has 4 aromatic rings. The number of methoxy groups -OCH3 is 2. The molecule has 6 nitrogen and oxygen atoms in total. The van der Waals surface area contributed by atoms with Crippen LogP contribution >= 0.6 is 0 Å². The maximum Gasteiger partial charge on any atom is 0.141 e. The largest absolute Gasteiger partial charge is 0.497 e. The first kappa shape index (κ1) is 21.9. The molecular weight excluding hydrogens is 433 g/mol. The highest BCUT2D eigenvalue weighted by Crippen LogP contribution is 2.42. The van der Waals surface area contributed by atoms with Crippen molar-refractivity contribution in [2.24, 2.45) is 0 Å². The maximum atomic E-state index is 14.2. The van der Waals surface area contributed by atoms with Crippen LogP contribution in [0.3, 0.4) is 0 Å². The average molecular weight is 458 g/mol. The third-order valence-electron chi connectivity index (χ3n) is 6.31. The minimum atomic E-state index is -0.494. The minimum absolute atomic E-state index is 0.396. The second-order valence-electron chi connectivity index (χ2n) is 8.30. The van der Waals surface area contributed by atoms with Gasteiger partial charge in [-0.25, -0.2) is 4.39 Å². The molecule has 1 aromatic heterocycles. The van der Waals surface area contributed by atoms with Crippen LogP contribution in [-0.2, 0) is 17.9 Å². The van der Waals surface area contributed by atoms with E-state index in [1.54, 1.807) is 13.2 Å². The maximum absolute atomic E-state index is 14.2. The Morgan fingerprint density at radius 1 is 1.09 bits per heavy atom. The van der Waals surface area contributed by atoms with E-state index in [0.29, 0.717) is 35.6 Å². The standard InChI is InChI=1S/C27H24FN3O3/c1-33-19-8-6-16(7-9-19)13-31-14-23-25(24(31)15-32)26(29)22-5-3-4-21(27(22)30-23)17-10-18(28)12-20(11-17)34-2/h3-12,15,24H,13-14H2,1-2H3,(H2,29,30). The highest BCUT2D eigenvalue weighted by molar-refractivity contribution is 6.02. The number of hydrogen-bond donors (Lipinski definition) is 1. The van der Waals surface area contributed by atoms with Gasteiger partial charge in [0.15, 0.2) is 0 Å². The van der Waals surface area contributed by atoms with E-state index < -0.39 is 11.9 Å². The van der Waals surface area contributed by atoms with Gasteiger partial charge >= 0.3 is 0 Å². The Morgan fingerprint density at radius 2 is 1.85 bits per heavy atom. The number of carbonyl (C=O) groups excluding carboxylic acids is 1. The smallest absolute Gasteiger partial charge is 0.141 e. The molecule has 0 saturated heterocycles. The number of pyridine rings is 1. The van der Waals surface area contributed by atoms with Gasteiger partial charge in [-0.2, -0.15) is 0 Å². The zero-order valence-electron chi connectivity index (χ0n) is 18.9. The molecule has 0 saturated carbocycles. The second kappa shape index (κ2) is 8.76. The van der Waals surface area contributed by atoms with Crippen LogP contribution in [0.1, 0.15) is 22.9 Å². The summed E-state index contributed by atoms with van der Waals surface area (Å²) in [4.78, 5) is 19.1. The number of hydrogen-bond acceptors (Lipinski definition) is 6. The Morgan fingerprint density at radius 3 is 2.56 bits per heavy atom. The lowest BCUT2D eigenvalue weighted by molar-refractivity contribution is -0.112. The van der Waals surface area contributed by atoms with E-state index in [9.17, 15) is 9.18 Å². The molecule has 0 spiro atoms. The van der Waals surface area contributed by atoms with Gasteiger partial charge in [0.1, 0.15) is 23.6 Å². The van der Waals surface area contributed by atoms with E-state index in [1.807, 2.05) is 47.4 Å². The predicted octanol–water partition coefficient (Wildman–Crippen LogP) is 4.90. The first-order valence-corrected chi connectivity index (χ1v) is 10.9. The Bertz CT molecular complexity index is 1390. The lowest BCUT2D eigenvalue weighted by atomic mass is 9.97. The first-order chi connectivity index (χ1) is 16.5. The number of para-hydroxylation sites is 1. The summed E-state index contributed by atoms with van der Waals surface area (Å²) in [6, 6.07) is 17.4. The van der Waals surface area contributed by atoms with Crippen LogP contribution in [-0.4, -0.2) is 30.4 Å². The van der Waals surface area contributed by atoms with Crippen molar-refractivity contribution < 1.29 is 18.7 Å². The van der Waals surface area contributed by atoms with Gasteiger partial charge in [-0.3, -0.25) is 9.88 Å². The molecule has 34 heavy (non-hydrogen) atoms. The normalized spacial score (nSPS) is 15.3. The van der Waals surface area contributed by atoms with Gasteiger partial charge in [-0.1, -0.05) is 30.3 Å². The van der Waals surface area contributed by atoms with Gasteiger partial charge in [0.2, 0.25) is 0 Å². The Balaban J connectivity index is 1.58. The summed E-state index contributed by atoms with van der Waals surface area (Å²) in [5.74, 6) is 0.805. The molecule has 0 fully saturated rings. The van der Waals surface area contributed by atoms with Gasteiger partial charge < -0.3 is 20.0 Å². The fourth-order valence-corrected chi connectivity index (χ4v) is 4.64. The number of fused-ring (bicyclic) bond motifs is 2. The van der Waals surface area contributed by atoms with Crippen LogP contribution in [0, 0.1) is 5.82 Å². The molecule has 0 aliphatic carbocycles. The number of aromatic nitrogens is 1. The fraction of sp³-hybridized carbons (Fsp3) is 0.185.